The zero-order valence-corrected chi connectivity index (χ0v) is 12.7. The van der Waals surface area contributed by atoms with Gasteiger partial charge in [-0.05, 0) is 6.42 Å². The van der Waals surface area contributed by atoms with E-state index < -0.39 is 40.8 Å². The van der Waals surface area contributed by atoms with E-state index in [-0.39, 0.29) is 5.52 Å². The number of hydrogen-bond acceptors (Lipinski definition) is 6. The van der Waals surface area contributed by atoms with E-state index in [0.717, 1.165) is 0 Å². The van der Waals surface area contributed by atoms with Crippen LogP contribution in [0.25, 0.3) is 11.0 Å². The molecule has 5 atom stereocenters. The first-order chi connectivity index (χ1) is 10.4. The van der Waals surface area contributed by atoms with Gasteiger partial charge in [0.25, 0.3) is 5.56 Å². The number of aromatic amines is 3. The van der Waals surface area contributed by atoms with Crippen LogP contribution >= 0.6 is 12.6 Å². The number of aliphatic hydroxyl groups excluding tert-OH is 2. The molecule has 0 saturated carbocycles. The minimum atomic E-state index is -0.845. The molecule has 120 valence electrons. The maximum absolute atomic E-state index is 11.8. The first-order valence-electron chi connectivity index (χ1n) is 7.07. The highest BCUT2D eigenvalue weighted by Gasteiger charge is 2.44. The second-order valence-corrected chi connectivity index (χ2v) is 6.13. The van der Waals surface area contributed by atoms with Gasteiger partial charge in [-0.1, -0.05) is 6.92 Å². The summed E-state index contributed by atoms with van der Waals surface area (Å²) in [5, 5.41) is 22.9. The monoisotopic (exact) mass is 326 g/mol. The maximum Gasteiger partial charge on any atom is 0.326 e. The van der Waals surface area contributed by atoms with E-state index in [1.165, 1.54) is 0 Å². The second kappa shape index (κ2) is 5.58. The van der Waals surface area contributed by atoms with Gasteiger partial charge in [-0.15, -0.1) is 0 Å². The van der Waals surface area contributed by atoms with Gasteiger partial charge >= 0.3 is 5.69 Å². The highest BCUT2D eigenvalue weighted by molar-refractivity contribution is 7.81. The Kier molecular flexibility index (Phi) is 3.89. The summed E-state index contributed by atoms with van der Waals surface area (Å²) >= 11 is 4.42. The molecule has 1 saturated heterocycles. The zero-order valence-electron chi connectivity index (χ0n) is 11.8. The van der Waals surface area contributed by atoms with E-state index in [1.807, 2.05) is 6.92 Å². The first-order valence-corrected chi connectivity index (χ1v) is 7.59. The van der Waals surface area contributed by atoms with E-state index in [9.17, 15) is 19.8 Å². The molecule has 1 aliphatic rings. The van der Waals surface area contributed by atoms with Crippen LogP contribution in [0.4, 0.5) is 0 Å². The molecule has 9 heteroatoms. The summed E-state index contributed by atoms with van der Waals surface area (Å²) in [6.07, 6.45) is 0.542. The lowest BCUT2D eigenvalue weighted by molar-refractivity contribution is 0.0625. The Morgan fingerprint density at radius 2 is 2.05 bits per heavy atom. The molecule has 6 N–H and O–H groups in total. The third-order valence-corrected chi connectivity index (χ3v) is 4.81. The predicted molar refractivity (Wildman–Crippen MR) is 84.3 cm³/mol. The van der Waals surface area contributed by atoms with E-state index in [1.54, 1.807) is 6.20 Å². The van der Waals surface area contributed by atoms with Crippen molar-refractivity contribution in [2.75, 3.05) is 0 Å². The molecule has 1 fully saturated rings. The van der Waals surface area contributed by atoms with Gasteiger partial charge in [0.15, 0.2) is 0 Å². The van der Waals surface area contributed by atoms with Crippen molar-refractivity contribution in [2.45, 2.75) is 42.9 Å². The van der Waals surface area contributed by atoms with Crippen LogP contribution in [-0.4, -0.2) is 48.7 Å². The standard InChI is InChI=1S/C13H18N4O4S/c1-2-5(18)8-10(19)11(22)7(15-8)4-3-14-9-6(4)16-13(21)17-12(9)20/h3,5,7-8,10-11,14-15,18-19,22H,2H2,1H3,(H2,16,17,20,21)/t5?,7-,8+,10+,11-/m0/s1. The number of aromatic nitrogens is 3. The van der Waals surface area contributed by atoms with Crippen molar-refractivity contribution in [3.63, 3.8) is 0 Å². The summed E-state index contributed by atoms with van der Waals surface area (Å²) in [6, 6.07) is -0.924. The van der Waals surface area contributed by atoms with Gasteiger partial charge < -0.3 is 25.5 Å². The van der Waals surface area contributed by atoms with Crippen LogP contribution < -0.4 is 16.6 Å². The quantitative estimate of drug-likeness (QED) is 0.363. The van der Waals surface area contributed by atoms with Gasteiger partial charge in [-0.3, -0.25) is 9.78 Å². The Bertz CT molecular complexity index is 797. The summed E-state index contributed by atoms with van der Waals surface area (Å²) in [4.78, 5) is 30.8. The average molecular weight is 326 g/mol. The van der Waals surface area contributed by atoms with E-state index >= 15 is 0 Å². The summed E-state index contributed by atoms with van der Waals surface area (Å²) in [5.74, 6) is 0. The Morgan fingerprint density at radius 3 is 2.73 bits per heavy atom. The van der Waals surface area contributed by atoms with Gasteiger partial charge in [0.2, 0.25) is 0 Å². The van der Waals surface area contributed by atoms with Gasteiger partial charge in [-0.2, -0.15) is 12.6 Å². The second-order valence-electron chi connectivity index (χ2n) is 5.53. The van der Waals surface area contributed by atoms with Crippen molar-refractivity contribution in [3.05, 3.63) is 32.6 Å². The van der Waals surface area contributed by atoms with Crippen molar-refractivity contribution in [2.24, 2.45) is 0 Å². The van der Waals surface area contributed by atoms with Gasteiger partial charge in [-0.25, -0.2) is 4.79 Å². The number of fused-ring (bicyclic) bond motifs is 1. The van der Waals surface area contributed by atoms with E-state index in [0.29, 0.717) is 17.5 Å². The fourth-order valence-electron chi connectivity index (χ4n) is 2.99. The molecule has 2 aromatic heterocycles. The zero-order chi connectivity index (χ0) is 16.0. The summed E-state index contributed by atoms with van der Waals surface area (Å²) in [5.41, 5.74) is 0.153. The third-order valence-electron chi connectivity index (χ3n) is 4.20. The number of rotatable bonds is 3. The summed E-state index contributed by atoms with van der Waals surface area (Å²) < 4.78 is 0. The molecule has 0 spiro atoms. The Labute approximate surface area is 130 Å². The Balaban J connectivity index is 2.05. The third kappa shape index (κ3) is 2.30. The molecule has 22 heavy (non-hydrogen) atoms. The van der Waals surface area contributed by atoms with Gasteiger partial charge in [0.1, 0.15) is 5.52 Å². The van der Waals surface area contributed by atoms with Gasteiger partial charge in [0, 0.05) is 17.0 Å². The molecule has 8 nitrogen and oxygen atoms in total. The van der Waals surface area contributed by atoms with Crippen LogP contribution in [-0.2, 0) is 0 Å². The smallest absolute Gasteiger partial charge is 0.326 e. The number of thiol groups is 1. The number of aliphatic hydroxyl groups is 2. The fraction of sp³-hybridized carbons (Fsp3) is 0.538. The van der Waals surface area contributed by atoms with Crippen LogP contribution in [0.5, 0.6) is 0 Å². The number of hydrogen-bond donors (Lipinski definition) is 7. The lowest BCUT2D eigenvalue weighted by Crippen LogP contribution is -2.42. The normalized spacial score (nSPS) is 30.0. The summed E-state index contributed by atoms with van der Waals surface area (Å²) in [7, 11) is 0. The average Bonchev–Trinajstić information content (AvgIpc) is 3.01. The SMILES string of the molecule is CCC(O)[C@H]1N[C@@H](c2c[nH]c3c(=O)[nH]c(=O)[nH]c23)[C@H](S)[C@@H]1O. The van der Waals surface area contributed by atoms with Crippen LogP contribution in [0.2, 0.25) is 0 Å². The molecular weight excluding hydrogens is 308 g/mol. The molecule has 0 amide bonds. The van der Waals surface area contributed by atoms with E-state index in [2.05, 4.69) is 32.9 Å². The van der Waals surface area contributed by atoms with Crippen LogP contribution in [0.3, 0.4) is 0 Å². The van der Waals surface area contributed by atoms with Crippen molar-refractivity contribution < 1.29 is 10.2 Å². The molecule has 0 radical (unpaired) electrons. The van der Waals surface area contributed by atoms with Crippen molar-refractivity contribution >= 4 is 23.7 Å². The van der Waals surface area contributed by atoms with Crippen molar-refractivity contribution in [1.29, 1.82) is 0 Å². The van der Waals surface area contributed by atoms with Crippen molar-refractivity contribution in [1.82, 2.24) is 20.3 Å². The topological polar surface area (TPSA) is 134 Å². The molecule has 0 bridgehead atoms. The molecule has 1 unspecified atom stereocenters. The number of nitrogens with one attached hydrogen (secondary N) is 4. The van der Waals surface area contributed by atoms with Crippen LogP contribution in [0, 0.1) is 0 Å². The molecule has 3 heterocycles. The lowest BCUT2D eigenvalue weighted by atomic mass is 10.0. The lowest BCUT2D eigenvalue weighted by Gasteiger charge is -2.20. The Hall–Kier alpha value is -1.55. The molecule has 2 aromatic rings. The minimum Gasteiger partial charge on any atom is -0.391 e. The van der Waals surface area contributed by atoms with Crippen LogP contribution in [0.15, 0.2) is 15.8 Å². The van der Waals surface area contributed by atoms with Crippen molar-refractivity contribution in [3.8, 4) is 0 Å². The van der Waals surface area contributed by atoms with Gasteiger partial charge in [0.05, 0.1) is 29.8 Å². The predicted octanol–water partition coefficient (Wildman–Crippen LogP) is -1.01. The fourth-order valence-corrected chi connectivity index (χ4v) is 3.42. The molecule has 3 rings (SSSR count). The maximum atomic E-state index is 11.8. The number of H-pyrrole nitrogens is 3. The minimum absolute atomic E-state index is 0.255. The molecule has 0 aromatic carbocycles. The largest absolute Gasteiger partial charge is 0.391 e. The first kappa shape index (κ1) is 15.3. The highest BCUT2D eigenvalue weighted by atomic mass is 32.1. The summed E-state index contributed by atoms with van der Waals surface area (Å²) in [6.45, 7) is 1.82. The molecule has 1 aliphatic heterocycles. The van der Waals surface area contributed by atoms with Crippen LogP contribution in [0.1, 0.15) is 24.9 Å². The molecular formula is C13H18N4O4S. The van der Waals surface area contributed by atoms with E-state index in [4.69, 9.17) is 0 Å². The molecule has 0 aliphatic carbocycles. The highest BCUT2D eigenvalue weighted by Crippen LogP contribution is 2.35. The Morgan fingerprint density at radius 1 is 1.32 bits per heavy atom.